The van der Waals surface area contributed by atoms with Crippen LogP contribution < -0.4 is 21.2 Å². The number of aryl methyl sites for hydroxylation is 1. The van der Waals surface area contributed by atoms with Crippen molar-refractivity contribution in [3.05, 3.63) is 251 Å². The van der Waals surface area contributed by atoms with Crippen LogP contribution in [0.3, 0.4) is 0 Å². The molecule has 4 N–H and O–H groups in total. The van der Waals surface area contributed by atoms with Crippen molar-refractivity contribution in [2.24, 2.45) is 5.73 Å². The van der Waals surface area contributed by atoms with Gasteiger partial charge in [-0.15, -0.1) is 0 Å². The molecule has 1 aliphatic heterocycles. The second kappa shape index (κ2) is 25.6. The van der Waals surface area contributed by atoms with Crippen molar-refractivity contribution in [3.8, 4) is 5.69 Å². The fourth-order valence-corrected chi connectivity index (χ4v) is 6.29. The van der Waals surface area contributed by atoms with E-state index in [-0.39, 0.29) is 0 Å². The minimum Gasteiger partial charge on any atom is -0.399 e. The molecule has 0 saturated carbocycles. The van der Waals surface area contributed by atoms with Gasteiger partial charge < -0.3 is 26.0 Å². The van der Waals surface area contributed by atoms with Gasteiger partial charge in [0.1, 0.15) is 0 Å². The second-order valence-corrected chi connectivity index (χ2v) is 13.5. The van der Waals surface area contributed by atoms with Gasteiger partial charge in [-0.1, -0.05) is 178 Å². The molecule has 0 bridgehead atoms. The van der Waals surface area contributed by atoms with Crippen LogP contribution in [-0.2, 0) is 0 Å². The van der Waals surface area contributed by atoms with Gasteiger partial charge in [0.15, 0.2) is 0 Å². The van der Waals surface area contributed by atoms with E-state index in [1.807, 2.05) is 136 Å². The van der Waals surface area contributed by atoms with E-state index in [9.17, 15) is 0 Å². The Hall–Kier alpha value is -7.76. The number of rotatable bonds is 8. The third-order valence-corrected chi connectivity index (χ3v) is 9.22. The van der Waals surface area contributed by atoms with Crippen LogP contribution in [0.2, 0.25) is 0 Å². The number of fused-ring (bicyclic) bond motifs is 2. The Morgan fingerprint density at radius 1 is 0.672 bits per heavy atom. The molecule has 0 unspecified atom stereocenters. The number of hydrogen-bond donors (Lipinski definition) is 3. The number of allylic oxidation sites excluding steroid dienone is 9. The van der Waals surface area contributed by atoms with Crippen LogP contribution in [0.25, 0.3) is 36.6 Å². The summed E-state index contributed by atoms with van der Waals surface area (Å²) in [5, 5.41) is 15.7. The molecule has 2 heterocycles. The lowest BCUT2D eigenvalue weighted by atomic mass is 9.95. The number of nitrogens with zero attached hydrogens (tertiary/aromatic N) is 2. The molecule has 4 aromatic carbocycles. The predicted molar refractivity (Wildman–Crippen MR) is 270 cm³/mol. The summed E-state index contributed by atoms with van der Waals surface area (Å²) in [6.45, 7) is 27.4. The maximum atomic E-state index is 8.62. The zero-order valence-corrected chi connectivity index (χ0v) is 36.1. The Balaban J connectivity index is 0.000000489. The van der Waals surface area contributed by atoms with Crippen molar-refractivity contribution >= 4 is 54.7 Å². The second-order valence-electron chi connectivity index (χ2n) is 13.5. The first-order valence-corrected chi connectivity index (χ1v) is 20.0. The topological polar surface area (TPSA) is 81.9 Å². The summed E-state index contributed by atoms with van der Waals surface area (Å²) >= 11 is 0. The van der Waals surface area contributed by atoms with E-state index in [0.717, 1.165) is 66.9 Å². The zero-order valence-electron chi connectivity index (χ0n) is 36.1. The summed E-state index contributed by atoms with van der Waals surface area (Å²) < 4.78 is 2.16. The number of hydrogen-bond acceptors (Lipinski definition) is 4. The molecular formula is C56H59N5. The minimum atomic E-state index is 0.457. The SMILES string of the molecule is C=C/C=C(N)\C=C/C.C=C1c2ccccc2N(c2ccccc2/C=C/C(=N)C(/C=C\C)=C/C)/C=C\c2ccccc(=C)c(=C)n(-c3ccccc3)c21.C=N.Cc1ccccc1. The van der Waals surface area contributed by atoms with Crippen molar-refractivity contribution in [1.82, 2.24) is 4.57 Å². The van der Waals surface area contributed by atoms with E-state index in [2.05, 4.69) is 116 Å². The van der Waals surface area contributed by atoms with E-state index < -0.39 is 0 Å². The highest BCUT2D eigenvalue weighted by Crippen LogP contribution is 2.39. The van der Waals surface area contributed by atoms with E-state index in [1.54, 1.807) is 12.2 Å². The summed E-state index contributed by atoms with van der Waals surface area (Å²) in [5.74, 6) is 0. The van der Waals surface area contributed by atoms with E-state index >= 15 is 0 Å². The first-order valence-electron chi connectivity index (χ1n) is 20.0. The highest BCUT2D eigenvalue weighted by Gasteiger charge is 2.21. The highest BCUT2D eigenvalue weighted by molar-refractivity contribution is 6.10. The summed E-state index contributed by atoms with van der Waals surface area (Å²) in [4.78, 5) is 2.20. The Bertz CT molecular complexity index is 2600. The fourth-order valence-electron chi connectivity index (χ4n) is 6.29. The van der Waals surface area contributed by atoms with Gasteiger partial charge in [0.05, 0.1) is 22.8 Å². The third kappa shape index (κ3) is 13.7. The fraction of sp³-hybridized carbons (Fsp3) is 0.0714. The first kappa shape index (κ1) is 47.6. The van der Waals surface area contributed by atoms with Gasteiger partial charge in [-0.25, -0.2) is 0 Å². The van der Waals surface area contributed by atoms with Crippen molar-refractivity contribution in [2.45, 2.75) is 27.7 Å². The van der Waals surface area contributed by atoms with Gasteiger partial charge in [-0.05, 0) is 99.3 Å². The van der Waals surface area contributed by atoms with Crippen LogP contribution in [-0.4, -0.2) is 17.0 Å². The van der Waals surface area contributed by atoms with Crippen molar-refractivity contribution in [3.63, 3.8) is 0 Å². The van der Waals surface area contributed by atoms with Gasteiger partial charge in [0.2, 0.25) is 0 Å². The van der Waals surface area contributed by atoms with Crippen LogP contribution in [0.5, 0.6) is 0 Å². The summed E-state index contributed by atoms with van der Waals surface area (Å²) in [6.07, 6.45) is 21.1. The number of benzene rings is 4. The third-order valence-electron chi connectivity index (χ3n) is 9.22. The van der Waals surface area contributed by atoms with Gasteiger partial charge in [-0.3, -0.25) is 0 Å². The molecular weight excluding hydrogens is 743 g/mol. The number of aromatic nitrogens is 1. The lowest BCUT2D eigenvalue weighted by Gasteiger charge is -2.29. The highest BCUT2D eigenvalue weighted by atomic mass is 15.1. The van der Waals surface area contributed by atoms with E-state index in [0.29, 0.717) is 5.71 Å². The Kier molecular flexibility index (Phi) is 20.0. The van der Waals surface area contributed by atoms with Crippen LogP contribution in [0, 0.1) is 17.7 Å². The molecule has 308 valence electrons. The quantitative estimate of drug-likeness (QED) is 0.108. The molecule has 0 amide bonds. The van der Waals surface area contributed by atoms with E-state index in [4.69, 9.17) is 23.1 Å². The molecule has 0 saturated heterocycles. The maximum Gasteiger partial charge on any atom is 0.0608 e. The Morgan fingerprint density at radius 3 is 1.85 bits per heavy atom. The molecule has 0 radical (unpaired) electrons. The smallest absolute Gasteiger partial charge is 0.0608 e. The Labute approximate surface area is 363 Å². The lowest BCUT2D eigenvalue weighted by molar-refractivity contribution is 0.976. The monoisotopic (exact) mass is 801 g/mol. The molecule has 0 fully saturated rings. The van der Waals surface area contributed by atoms with Crippen LogP contribution in [0.15, 0.2) is 213 Å². The average molecular weight is 802 g/mol. The Morgan fingerprint density at radius 2 is 1.25 bits per heavy atom. The molecule has 6 rings (SSSR count). The number of nitrogens with one attached hydrogen (secondary N) is 2. The number of anilines is 2. The maximum absolute atomic E-state index is 8.62. The molecule has 1 aliphatic rings. The summed E-state index contributed by atoms with van der Waals surface area (Å²) in [5.41, 5.74) is 16.6. The molecule has 5 aromatic rings. The first-order chi connectivity index (χ1) is 29.6. The van der Waals surface area contributed by atoms with Crippen LogP contribution in [0.1, 0.15) is 48.7 Å². The number of para-hydroxylation sites is 3. The standard InChI is InChI=1S/C41H37N3.C7H11N.C7H8.CH3N/c1-6-17-33(7-2)38(42)27-26-34-19-13-15-24-39(34)43-29-28-35-20-12-11-18-30(3)32(5)44(36-21-9-8-10-22-36)41(35)31(4)37-23-14-16-25-40(37)43;1-3-5-7(8)6-4-2;1-7-5-3-2-4-6-7;1-2/h6-29,42H,3-5H2,1-2H3;3-6H,1,8H2,2H3;2-6H,1H3;2H,1H2/b17-6-,18-11?,20-12?,27-26+,29-28-,33-7+,41-35?,42-38?;6-4-,7-5+;;. The molecule has 5 heteroatoms. The van der Waals surface area contributed by atoms with Gasteiger partial charge in [0, 0.05) is 39.6 Å². The lowest BCUT2D eigenvalue weighted by Crippen LogP contribution is -2.32. The molecule has 0 aliphatic carbocycles. The van der Waals surface area contributed by atoms with Gasteiger partial charge in [-0.2, -0.15) is 0 Å². The molecule has 1 aromatic heterocycles. The average Bonchev–Trinajstić information content (AvgIpc) is 3.34. The normalized spacial score (nSPS) is 12.5. The molecule has 5 nitrogen and oxygen atoms in total. The summed E-state index contributed by atoms with van der Waals surface area (Å²) in [7, 11) is 0. The van der Waals surface area contributed by atoms with Gasteiger partial charge >= 0.3 is 0 Å². The van der Waals surface area contributed by atoms with Crippen molar-refractivity contribution in [2.75, 3.05) is 4.90 Å². The van der Waals surface area contributed by atoms with E-state index in [1.165, 1.54) is 5.56 Å². The van der Waals surface area contributed by atoms with Gasteiger partial charge in [0.25, 0.3) is 0 Å². The van der Waals surface area contributed by atoms with Crippen molar-refractivity contribution in [1.29, 1.82) is 10.8 Å². The number of nitrogens with two attached hydrogens (primary N) is 1. The molecule has 0 spiro atoms. The molecule has 0 atom stereocenters. The predicted octanol–water partition coefficient (Wildman–Crippen LogP) is 13.0. The molecule has 61 heavy (non-hydrogen) atoms. The van der Waals surface area contributed by atoms with Crippen LogP contribution >= 0.6 is 0 Å². The van der Waals surface area contributed by atoms with Crippen molar-refractivity contribution < 1.29 is 0 Å². The minimum absolute atomic E-state index is 0.457. The zero-order chi connectivity index (χ0) is 44.6. The van der Waals surface area contributed by atoms with Crippen LogP contribution in [0.4, 0.5) is 11.4 Å². The largest absolute Gasteiger partial charge is 0.399 e. The summed E-state index contributed by atoms with van der Waals surface area (Å²) in [6, 6.07) is 45.2.